The minimum absolute atomic E-state index is 0.126. The molecule has 0 radical (unpaired) electrons. The molecule has 1 aliphatic rings. The molecule has 1 aromatic carbocycles. The Bertz CT molecular complexity index is 964. The first-order chi connectivity index (χ1) is 16.6. The van der Waals surface area contributed by atoms with Gasteiger partial charge >= 0.3 is 6.09 Å². The molecule has 11 heteroatoms. The number of piperidine rings is 1. The molecule has 2 heterocycles. The first-order valence-corrected chi connectivity index (χ1v) is 12.9. The van der Waals surface area contributed by atoms with Gasteiger partial charge in [-0.15, -0.1) is 5.10 Å². The van der Waals surface area contributed by atoms with Crippen LogP contribution in [0.25, 0.3) is 0 Å². The van der Waals surface area contributed by atoms with Crippen LogP contribution in [0.2, 0.25) is 0 Å². The molecular formula is C24H37N7O3S. The van der Waals surface area contributed by atoms with Crippen LogP contribution in [0, 0.1) is 5.41 Å². The molecule has 2 aromatic rings. The molecule has 1 N–H and O–H groups in total. The molecule has 1 fully saturated rings. The lowest BCUT2D eigenvalue weighted by Crippen LogP contribution is -2.41. The highest BCUT2D eigenvalue weighted by Gasteiger charge is 2.26. The van der Waals surface area contributed by atoms with E-state index in [-0.39, 0.29) is 17.4 Å². The highest BCUT2D eigenvalue weighted by Crippen LogP contribution is 2.29. The Morgan fingerprint density at radius 1 is 1.17 bits per heavy atom. The molecule has 10 nitrogen and oxygen atoms in total. The van der Waals surface area contributed by atoms with E-state index in [9.17, 15) is 9.59 Å². The number of benzene rings is 1. The SMILES string of the molecule is CN(C)CCn1nnnc1SC1CCN(C(=O)Oc2ccc(C(=O)NCCC(C)(C)C)cc2)CC1. The van der Waals surface area contributed by atoms with Crippen LogP contribution in [0.3, 0.4) is 0 Å². The molecule has 1 saturated heterocycles. The maximum absolute atomic E-state index is 12.6. The number of ether oxygens (including phenoxy) is 1. The number of amides is 2. The van der Waals surface area contributed by atoms with Gasteiger partial charge in [0, 0.05) is 37.0 Å². The van der Waals surface area contributed by atoms with Gasteiger partial charge in [-0.1, -0.05) is 32.5 Å². The summed E-state index contributed by atoms with van der Waals surface area (Å²) in [5.74, 6) is 0.303. The van der Waals surface area contributed by atoms with Crippen molar-refractivity contribution in [3.63, 3.8) is 0 Å². The zero-order chi connectivity index (χ0) is 25.4. The minimum atomic E-state index is -0.369. The number of rotatable bonds is 9. The summed E-state index contributed by atoms with van der Waals surface area (Å²) in [5, 5.41) is 16.1. The third-order valence-corrected chi connectivity index (χ3v) is 7.02. The van der Waals surface area contributed by atoms with Gasteiger partial charge in [-0.25, -0.2) is 9.48 Å². The monoisotopic (exact) mass is 503 g/mol. The number of nitrogens with zero attached hydrogens (tertiary/aromatic N) is 6. The number of hydrogen-bond donors (Lipinski definition) is 1. The minimum Gasteiger partial charge on any atom is -0.410 e. The molecule has 0 unspecified atom stereocenters. The fourth-order valence-electron chi connectivity index (χ4n) is 3.51. The number of tetrazole rings is 1. The number of hydrogen-bond acceptors (Lipinski definition) is 8. The molecule has 192 valence electrons. The van der Waals surface area contributed by atoms with Crippen molar-refractivity contribution in [2.24, 2.45) is 5.41 Å². The van der Waals surface area contributed by atoms with Gasteiger partial charge in [0.25, 0.3) is 5.91 Å². The number of carbonyl (C=O) groups is 2. The second-order valence-corrected chi connectivity index (χ2v) is 11.5. The smallest absolute Gasteiger partial charge is 0.410 e. The molecule has 2 amide bonds. The lowest BCUT2D eigenvalue weighted by atomic mass is 9.92. The summed E-state index contributed by atoms with van der Waals surface area (Å²) in [4.78, 5) is 28.7. The lowest BCUT2D eigenvalue weighted by molar-refractivity contribution is 0.0949. The quantitative estimate of drug-likeness (QED) is 0.556. The Hall–Kier alpha value is -2.66. The van der Waals surface area contributed by atoms with Gasteiger partial charge in [0.1, 0.15) is 5.75 Å². The number of aromatic nitrogens is 4. The van der Waals surface area contributed by atoms with Crippen LogP contribution in [0.4, 0.5) is 4.79 Å². The Labute approximate surface area is 211 Å². The fraction of sp³-hybridized carbons (Fsp3) is 0.625. The van der Waals surface area contributed by atoms with Crippen LogP contribution in [-0.4, -0.2) is 87.5 Å². The Kier molecular flexibility index (Phi) is 9.50. The molecular weight excluding hydrogens is 466 g/mol. The Morgan fingerprint density at radius 2 is 1.86 bits per heavy atom. The summed E-state index contributed by atoms with van der Waals surface area (Å²) < 4.78 is 7.37. The van der Waals surface area contributed by atoms with Crippen molar-refractivity contribution in [3.05, 3.63) is 29.8 Å². The van der Waals surface area contributed by atoms with Crippen LogP contribution < -0.4 is 10.1 Å². The standard InChI is InChI=1S/C24H37N7O3S/c1-24(2,3)12-13-25-21(32)18-6-8-19(9-7-18)34-23(33)30-14-10-20(11-15-30)35-22-26-27-28-31(22)17-16-29(4)5/h6-9,20H,10-17H2,1-5H3,(H,25,32). The van der Waals surface area contributed by atoms with Crippen molar-refractivity contribution in [2.75, 3.05) is 40.3 Å². The Morgan fingerprint density at radius 3 is 2.49 bits per heavy atom. The van der Waals surface area contributed by atoms with E-state index in [1.165, 1.54) is 0 Å². The van der Waals surface area contributed by atoms with Crippen molar-refractivity contribution in [1.29, 1.82) is 0 Å². The lowest BCUT2D eigenvalue weighted by Gasteiger charge is -2.30. The molecule has 0 aliphatic carbocycles. The van der Waals surface area contributed by atoms with Crippen molar-refractivity contribution in [2.45, 2.75) is 57.0 Å². The van der Waals surface area contributed by atoms with Gasteiger partial charge in [0.2, 0.25) is 5.16 Å². The number of likely N-dealkylation sites (tertiary alicyclic amines) is 1. The fourth-order valence-corrected chi connectivity index (χ4v) is 4.59. The van der Waals surface area contributed by atoms with Crippen molar-refractivity contribution in [1.82, 2.24) is 35.3 Å². The highest BCUT2D eigenvalue weighted by molar-refractivity contribution is 7.99. The number of thioether (sulfide) groups is 1. The third-order valence-electron chi connectivity index (χ3n) is 5.71. The van der Waals surface area contributed by atoms with Crippen molar-refractivity contribution in [3.8, 4) is 5.75 Å². The second-order valence-electron chi connectivity index (χ2n) is 10.3. The predicted octanol–water partition coefficient (Wildman–Crippen LogP) is 3.16. The average molecular weight is 504 g/mol. The van der Waals surface area contributed by atoms with Crippen LogP contribution in [-0.2, 0) is 6.54 Å². The van der Waals surface area contributed by atoms with E-state index in [1.807, 2.05) is 18.8 Å². The van der Waals surface area contributed by atoms with Crippen LogP contribution in [0.1, 0.15) is 50.4 Å². The van der Waals surface area contributed by atoms with E-state index in [4.69, 9.17) is 4.74 Å². The zero-order valence-electron chi connectivity index (χ0n) is 21.4. The van der Waals surface area contributed by atoms with Crippen molar-refractivity contribution < 1.29 is 14.3 Å². The maximum atomic E-state index is 12.6. The molecule has 1 aromatic heterocycles. The first kappa shape index (κ1) is 26.9. The Balaban J connectivity index is 1.42. The number of likely N-dealkylation sites (N-methyl/N-ethyl adjacent to an activating group) is 1. The van der Waals surface area contributed by atoms with Gasteiger partial charge < -0.3 is 19.9 Å². The largest absolute Gasteiger partial charge is 0.415 e. The van der Waals surface area contributed by atoms with Crippen LogP contribution in [0.15, 0.2) is 29.4 Å². The molecule has 1 aliphatic heterocycles. The summed E-state index contributed by atoms with van der Waals surface area (Å²) in [6.45, 7) is 9.88. The second kappa shape index (κ2) is 12.3. The van der Waals surface area contributed by atoms with Gasteiger partial charge in [-0.05, 0) is 73.5 Å². The summed E-state index contributed by atoms with van der Waals surface area (Å²) in [5.41, 5.74) is 0.714. The van der Waals surface area contributed by atoms with Gasteiger partial charge in [0.15, 0.2) is 0 Å². The summed E-state index contributed by atoms with van der Waals surface area (Å²) in [7, 11) is 4.04. The number of nitrogens with one attached hydrogen (secondary N) is 1. The molecule has 35 heavy (non-hydrogen) atoms. The molecule has 0 atom stereocenters. The summed E-state index contributed by atoms with van der Waals surface area (Å²) >= 11 is 1.67. The van der Waals surface area contributed by atoms with Gasteiger partial charge in [-0.2, -0.15) is 0 Å². The average Bonchev–Trinajstić information content (AvgIpc) is 3.24. The van der Waals surface area contributed by atoms with Crippen molar-refractivity contribution >= 4 is 23.8 Å². The van der Waals surface area contributed by atoms with E-state index in [1.54, 1.807) is 40.9 Å². The molecule has 0 saturated carbocycles. The predicted molar refractivity (Wildman–Crippen MR) is 136 cm³/mol. The zero-order valence-corrected chi connectivity index (χ0v) is 22.2. The van der Waals surface area contributed by atoms with E-state index in [2.05, 4.69) is 46.5 Å². The van der Waals surface area contributed by atoms with Crippen LogP contribution in [0.5, 0.6) is 5.75 Å². The normalized spacial score (nSPS) is 14.9. The number of carbonyl (C=O) groups excluding carboxylic acids is 2. The van der Waals surface area contributed by atoms with E-state index in [0.29, 0.717) is 36.2 Å². The summed E-state index contributed by atoms with van der Waals surface area (Å²) in [6, 6.07) is 6.68. The highest BCUT2D eigenvalue weighted by atomic mass is 32.2. The van der Waals surface area contributed by atoms with E-state index in [0.717, 1.165) is 37.5 Å². The molecule has 3 rings (SSSR count). The molecule has 0 spiro atoms. The molecule has 0 bridgehead atoms. The van der Waals surface area contributed by atoms with E-state index < -0.39 is 0 Å². The maximum Gasteiger partial charge on any atom is 0.415 e. The van der Waals surface area contributed by atoms with Gasteiger partial charge in [-0.3, -0.25) is 4.79 Å². The third kappa shape index (κ3) is 8.81. The topological polar surface area (TPSA) is 105 Å². The van der Waals surface area contributed by atoms with Crippen LogP contribution >= 0.6 is 11.8 Å². The first-order valence-electron chi connectivity index (χ1n) is 12.0. The van der Waals surface area contributed by atoms with Gasteiger partial charge in [0.05, 0.1) is 6.54 Å². The summed E-state index contributed by atoms with van der Waals surface area (Å²) in [6.07, 6.45) is 2.21. The van der Waals surface area contributed by atoms with E-state index >= 15 is 0 Å².